The smallest absolute Gasteiger partial charge is 0.232 e. The lowest BCUT2D eigenvalue weighted by Gasteiger charge is -2.26. The number of carbonyl (C=O) groups excluding carboxylic acids is 1. The van der Waals surface area contributed by atoms with Crippen LogP contribution in [0.1, 0.15) is 399 Å². The van der Waals surface area contributed by atoms with Gasteiger partial charge in [-0.1, -0.05) is 390 Å². The van der Waals surface area contributed by atoms with Crippen molar-refractivity contribution in [1.29, 1.82) is 0 Å². The van der Waals surface area contributed by atoms with E-state index in [-0.39, 0.29) is 28.4 Å². The summed E-state index contributed by atoms with van der Waals surface area (Å²) in [5.41, 5.74) is 17.9. The molecule has 0 atom stereocenters. The van der Waals surface area contributed by atoms with E-state index in [1.807, 2.05) is 117 Å². The molecule has 1 aliphatic heterocycles. The predicted octanol–water partition coefficient (Wildman–Crippen LogP) is 36.3. The molecule has 0 aliphatic carbocycles. The van der Waals surface area contributed by atoms with Crippen LogP contribution in [-0.4, -0.2) is 99.9 Å². The maximum absolute atomic E-state index is 10.9. The first-order chi connectivity index (χ1) is 67.4. The molecule has 12 rings (SSSR count). The van der Waals surface area contributed by atoms with Crippen LogP contribution >= 0.6 is 0 Å². The number of ketones is 1. The molecular formula is C131H206N8O5. The van der Waals surface area contributed by atoms with Crippen molar-refractivity contribution in [2.24, 2.45) is 40.4 Å². The van der Waals surface area contributed by atoms with E-state index in [9.17, 15) is 4.79 Å². The first kappa shape index (κ1) is 132. The number of morpholine rings is 1. The Hall–Kier alpha value is -9.95. The van der Waals surface area contributed by atoms with Gasteiger partial charge in [0.25, 0.3) is 0 Å². The third kappa shape index (κ3) is 60.9. The maximum atomic E-state index is 10.9. The summed E-state index contributed by atoms with van der Waals surface area (Å²) in [6, 6.07) is 78.5. The first-order valence-electron chi connectivity index (χ1n) is 54.3. The van der Waals surface area contributed by atoms with Crippen LogP contribution < -0.4 is 19.1 Å². The number of ether oxygens (including phenoxy) is 4. The highest BCUT2D eigenvalue weighted by Gasteiger charge is 2.27. The van der Waals surface area contributed by atoms with Crippen LogP contribution in [0.2, 0.25) is 0 Å². The van der Waals surface area contributed by atoms with Crippen LogP contribution in [0, 0.1) is 40.4 Å². The molecule has 0 bridgehead atoms. The molecule has 0 radical (unpaired) electrons. The van der Waals surface area contributed by atoms with Gasteiger partial charge < -0.3 is 23.8 Å². The minimum Gasteiger partial charge on any atom is -0.494 e. The van der Waals surface area contributed by atoms with E-state index < -0.39 is 0 Å². The molecule has 144 heavy (non-hydrogen) atoms. The Morgan fingerprint density at radius 1 is 0.410 bits per heavy atom. The summed E-state index contributed by atoms with van der Waals surface area (Å²) < 4.78 is 25.8. The van der Waals surface area contributed by atoms with Gasteiger partial charge in [0.2, 0.25) is 5.88 Å². The Kier molecular flexibility index (Phi) is 64.9. The number of carbonyl (C=O) groups is 1. The van der Waals surface area contributed by atoms with Crippen molar-refractivity contribution >= 4 is 11.5 Å². The van der Waals surface area contributed by atoms with Crippen molar-refractivity contribution in [3.8, 4) is 28.6 Å². The lowest BCUT2D eigenvalue weighted by Crippen LogP contribution is -2.35. The minimum atomic E-state index is -0.139. The monoisotopic (exact) mass is 1970 g/mol. The van der Waals surface area contributed by atoms with Gasteiger partial charge in [-0.05, 0) is 270 Å². The number of hydrogen-bond donors (Lipinski definition) is 0. The van der Waals surface area contributed by atoms with Gasteiger partial charge in [-0.15, -0.1) is 5.10 Å². The van der Waals surface area contributed by atoms with Crippen molar-refractivity contribution < 1.29 is 23.7 Å². The average molecular weight is 1970 g/mol. The van der Waals surface area contributed by atoms with E-state index in [0.29, 0.717) is 64.6 Å². The SMILES string of the molecule is CC(=O)C(C)(C)C(C)C.CC(C)(C)n1ccc(-c2ccccc2)n1.CC(C)CCC(C)(C)C.CC(C)CCc1ccccc1.CC(C)COc1ccn(C(C)(C)C)n1.CC(C)Cc1ccccc1.CC(C)Oc1cccc(C(C)C)c1.CC(C)c1cccc(CN2CCOCC2)c1.CC(C)c1cccc(N(C)C)c1.CC(C)c1cnc(C(C)C)nc1.CCOc1cccc(C(C)C)c1.CCc1cccc(C(C)C)c1. The number of aromatic nitrogens is 6. The molecule has 3 aromatic heterocycles. The molecule has 8 aromatic carbocycles. The van der Waals surface area contributed by atoms with Crippen LogP contribution in [0.4, 0.5) is 5.69 Å². The van der Waals surface area contributed by atoms with Crippen molar-refractivity contribution in [2.75, 3.05) is 58.5 Å². The quantitative estimate of drug-likeness (QED) is 0.0466. The van der Waals surface area contributed by atoms with Crippen molar-refractivity contribution in [3.63, 3.8) is 0 Å². The fourth-order valence-corrected chi connectivity index (χ4v) is 13.5. The van der Waals surface area contributed by atoms with Gasteiger partial charge in [-0.25, -0.2) is 9.97 Å². The van der Waals surface area contributed by atoms with Crippen LogP contribution in [0.15, 0.2) is 249 Å². The lowest BCUT2D eigenvalue weighted by atomic mass is 9.78. The van der Waals surface area contributed by atoms with E-state index in [0.717, 1.165) is 93.3 Å². The Balaban J connectivity index is 0.000000788. The molecule has 13 heteroatoms. The normalized spacial score (nSPS) is 11.9. The molecule has 0 spiro atoms. The molecule has 11 aromatic rings. The van der Waals surface area contributed by atoms with Gasteiger partial charge in [0, 0.05) is 87.2 Å². The molecule has 1 saturated heterocycles. The van der Waals surface area contributed by atoms with E-state index >= 15 is 0 Å². The fraction of sp³-hybridized carbons (Fsp3) is 0.550. The number of hydrogen-bond acceptors (Lipinski definition) is 11. The molecule has 0 unspecified atom stereocenters. The van der Waals surface area contributed by atoms with Crippen LogP contribution in [0.3, 0.4) is 0 Å². The highest BCUT2D eigenvalue weighted by Crippen LogP contribution is 2.30. The number of Topliss-reactive ketones (excluding diaryl/α,β-unsaturated/α-hetero) is 1. The third-order valence-corrected chi connectivity index (χ3v) is 24.1. The van der Waals surface area contributed by atoms with Gasteiger partial charge in [-0.3, -0.25) is 19.1 Å². The average Bonchev–Trinajstić information content (AvgIpc) is 1.69. The second kappa shape index (κ2) is 70.8. The molecule has 0 amide bonds. The molecular weight excluding hydrogens is 1770 g/mol. The van der Waals surface area contributed by atoms with Gasteiger partial charge in [0.15, 0.2) is 0 Å². The summed E-state index contributed by atoms with van der Waals surface area (Å²) in [4.78, 5) is 24.1. The van der Waals surface area contributed by atoms with E-state index in [2.05, 4.69) is 455 Å². The molecule has 800 valence electrons. The van der Waals surface area contributed by atoms with Crippen molar-refractivity contribution in [2.45, 2.75) is 381 Å². The van der Waals surface area contributed by atoms with Crippen LogP contribution in [0.25, 0.3) is 11.3 Å². The predicted molar refractivity (Wildman–Crippen MR) is 627 cm³/mol. The summed E-state index contributed by atoms with van der Waals surface area (Å²) in [5.74, 6) is 11.3. The molecule has 13 nitrogen and oxygen atoms in total. The Bertz CT molecular complexity index is 4990. The van der Waals surface area contributed by atoms with Gasteiger partial charge >= 0.3 is 0 Å². The number of rotatable bonds is 28. The highest BCUT2D eigenvalue weighted by molar-refractivity contribution is 5.81. The fourth-order valence-electron chi connectivity index (χ4n) is 13.5. The summed E-state index contributed by atoms with van der Waals surface area (Å²) in [6.45, 7) is 92.6. The summed E-state index contributed by atoms with van der Waals surface area (Å²) in [6.07, 6.45) is 15.7. The van der Waals surface area contributed by atoms with Crippen molar-refractivity contribution in [3.05, 3.63) is 311 Å². The van der Waals surface area contributed by atoms with Gasteiger partial charge in [-0.2, -0.15) is 5.10 Å². The second-order valence-corrected chi connectivity index (χ2v) is 46.5. The van der Waals surface area contributed by atoms with E-state index in [1.165, 1.54) is 99.0 Å². The van der Waals surface area contributed by atoms with Crippen LogP contribution in [-0.2, 0) is 46.4 Å². The second-order valence-electron chi connectivity index (χ2n) is 46.5. The Labute approximate surface area is 882 Å². The molecule has 4 heterocycles. The van der Waals surface area contributed by atoms with Gasteiger partial charge in [0.1, 0.15) is 23.1 Å². The standard InChI is InChI=1S/C14H21NO.C13H16N2.C12H18O.C11H20N2O.C11H17N.C11H16O.2C11H16.C10H16N2.C10H14.C9H20.C8H16O/c1-12(2)14-5-3-4-13(10-14)11-15-6-8-16-9-7-15;1-13(2,3)15-10-9-12(14-15)11-7-5-4-6-8-11;1-9(2)11-6-5-7-12(8-11)13-10(3)4;1-9(2)8-14-10-6-7-13(12-10)11(3,4)5;1-9(2)10-6-5-7-11(8-10)12(3)4;1-4-12-11-7-5-6-10(8-11)9(2)3;1-10(2)8-9-11-6-4-3-5-7-11;1-4-10-6-5-7-11(8-10)9(2)3;1-7(2)9-5-11-10(8(3)4)12-6-9;1-9(2)8-10-6-4-3-5-7-10;1-8(2)6-7-9(3,4)5;1-6(2)8(4,5)7(3)9/h3-5,10,12H,6-9,11H2,1-2H3;4-10H,1-3H3;5-10H,1-4H3;6-7,9H,8H2,1-5H3;5-9H,1-4H3;5-9H,4H2,1-3H3;3-7,10H,8-9H2,1-2H3;5-9H,4H2,1-3H3;5-8H,1-4H3;3-7,9H,8H2,1-2H3;8H,6-7H2,1-5H3;6H,1-5H3. The lowest BCUT2D eigenvalue weighted by molar-refractivity contribution is -0.126. The topological polar surface area (TPSA) is 122 Å². The molecule has 0 saturated carbocycles. The van der Waals surface area contributed by atoms with Crippen LogP contribution in [0.5, 0.6) is 17.4 Å². The molecule has 1 aliphatic rings. The molecule has 1 fully saturated rings. The number of benzene rings is 8. The zero-order valence-corrected chi connectivity index (χ0v) is 99.0. The first-order valence-corrected chi connectivity index (χ1v) is 54.3. The van der Waals surface area contributed by atoms with Crippen molar-refractivity contribution in [1.82, 2.24) is 34.4 Å². The maximum Gasteiger partial charge on any atom is 0.232 e. The zero-order chi connectivity index (χ0) is 109. The summed E-state index contributed by atoms with van der Waals surface area (Å²) >= 11 is 0. The zero-order valence-electron chi connectivity index (χ0n) is 99.0. The Morgan fingerprint density at radius 3 is 1.22 bits per heavy atom. The van der Waals surface area contributed by atoms with E-state index in [1.54, 1.807) is 6.92 Å². The molecule has 0 N–H and O–H groups in total. The minimum absolute atomic E-state index is 0.0272. The van der Waals surface area contributed by atoms with E-state index in [4.69, 9.17) is 18.9 Å². The Morgan fingerprint density at radius 2 is 0.826 bits per heavy atom. The number of nitrogens with zero attached hydrogens (tertiary/aromatic N) is 8. The van der Waals surface area contributed by atoms with Gasteiger partial charge in [0.05, 0.1) is 49.3 Å². The largest absolute Gasteiger partial charge is 0.494 e. The number of anilines is 1. The summed E-state index contributed by atoms with van der Waals surface area (Å²) in [5, 5.41) is 8.92. The highest BCUT2D eigenvalue weighted by atomic mass is 16.5. The summed E-state index contributed by atoms with van der Waals surface area (Å²) in [7, 11) is 4.14. The number of aryl methyl sites for hydroxylation is 2. The third-order valence-electron chi connectivity index (χ3n) is 24.1.